The van der Waals surface area contributed by atoms with Gasteiger partial charge in [0.1, 0.15) is 5.82 Å². The molecule has 1 fully saturated rings. The molecule has 1 aromatic heterocycles. The van der Waals surface area contributed by atoms with Crippen molar-refractivity contribution in [2.45, 2.75) is 44.1 Å². The Balaban J connectivity index is 1.38. The standard InChI is InChI=1S/C23H23FN2O/c24-18-8-11-22-21(15-18)20(12-13-25-22)17-6-9-19(10-7-17)26-23(27)14-16-4-2-1-3-5-16/h1-5,8,11-13,15,17,19H,6-7,9-10,14H2,(H,26,27). The van der Waals surface area contributed by atoms with Crippen LogP contribution < -0.4 is 5.32 Å². The fraction of sp³-hybridized carbons (Fsp3) is 0.304. The lowest BCUT2D eigenvalue weighted by atomic mass is 9.80. The van der Waals surface area contributed by atoms with Gasteiger partial charge in [0.05, 0.1) is 11.9 Å². The van der Waals surface area contributed by atoms with E-state index in [9.17, 15) is 9.18 Å². The molecule has 138 valence electrons. The van der Waals surface area contributed by atoms with E-state index >= 15 is 0 Å². The summed E-state index contributed by atoms with van der Waals surface area (Å²) in [6.07, 6.45) is 6.12. The van der Waals surface area contributed by atoms with Crippen LogP contribution in [-0.4, -0.2) is 16.9 Å². The van der Waals surface area contributed by atoms with Crippen LogP contribution in [0.3, 0.4) is 0 Å². The van der Waals surface area contributed by atoms with Crippen molar-refractivity contribution in [1.29, 1.82) is 0 Å². The third kappa shape index (κ3) is 4.16. The van der Waals surface area contributed by atoms with E-state index in [0.717, 1.165) is 42.1 Å². The number of aromatic nitrogens is 1. The first kappa shape index (κ1) is 17.7. The molecule has 1 aliphatic rings. The van der Waals surface area contributed by atoms with Crippen molar-refractivity contribution in [2.24, 2.45) is 0 Å². The molecule has 0 saturated heterocycles. The van der Waals surface area contributed by atoms with Crippen LogP contribution >= 0.6 is 0 Å². The zero-order chi connectivity index (χ0) is 18.6. The number of hydrogen-bond donors (Lipinski definition) is 1. The number of hydrogen-bond acceptors (Lipinski definition) is 2. The van der Waals surface area contributed by atoms with Gasteiger partial charge in [0.2, 0.25) is 5.91 Å². The number of fused-ring (bicyclic) bond motifs is 1. The molecule has 1 aliphatic carbocycles. The number of nitrogens with zero attached hydrogens (tertiary/aromatic N) is 1. The van der Waals surface area contributed by atoms with Crippen molar-refractivity contribution in [3.05, 3.63) is 77.7 Å². The molecule has 1 amide bonds. The normalized spacial score (nSPS) is 19.7. The third-order valence-corrected chi connectivity index (χ3v) is 5.48. The Morgan fingerprint density at radius 3 is 2.59 bits per heavy atom. The second kappa shape index (κ2) is 7.87. The molecule has 3 aromatic rings. The van der Waals surface area contributed by atoms with Crippen molar-refractivity contribution in [1.82, 2.24) is 10.3 Å². The first-order valence-corrected chi connectivity index (χ1v) is 9.56. The van der Waals surface area contributed by atoms with Gasteiger partial charge in [0.25, 0.3) is 0 Å². The Bertz CT molecular complexity index is 934. The number of benzene rings is 2. The second-order valence-corrected chi connectivity index (χ2v) is 7.34. The second-order valence-electron chi connectivity index (χ2n) is 7.34. The quantitative estimate of drug-likeness (QED) is 0.727. The molecule has 1 N–H and O–H groups in total. The van der Waals surface area contributed by atoms with Gasteiger partial charge in [-0.15, -0.1) is 0 Å². The fourth-order valence-electron chi connectivity index (χ4n) is 4.10. The van der Waals surface area contributed by atoms with Gasteiger partial charge < -0.3 is 5.32 Å². The summed E-state index contributed by atoms with van der Waals surface area (Å²) in [5.74, 6) is 0.249. The van der Waals surface area contributed by atoms with E-state index in [0.29, 0.717) is 12.3 Å². The molecule has 0 aliphatic heterocycles. The molecular weight excluding hydrogens is 339 g/mol. The molecule has 0 spiro atoms. The van der Waals surface area contributed by atoms with Crippen LogP contribution in [0.4, 0.5) is 4.39 Å². The summed E-state index contributed by atoms with van der Waals surface area (Å²) in [6, 6.07) is 16.8. The van der Waals surface area contributed by atoms with E-state index in [-0.39, 0.29) is 17.8 Å². The maximum Gasteiger partial charge on any atom is 0.224 e. The monoisotopic (exact) mass is 362 g/mol. The van der Waals surface area contributed by atoms with Crippen LogP contribution in [0.1, 0.15) is 42.7 Å². The number of amides is 1. The third-order valence-electron chi connectivity index (χ3n) is 5.48. The highest BCUT2D eigenvalue weighted by atomic mass is 19.1. The summed E-state index contributed by atoms with van der Waals surface area (Å²) in [4.78, 5) is 16.6. The summed E-state index contributed by atoms with van der Waals surface area (Å²) in [5.41, 5.74) is 3.05. The summed E-state index contributed by atoms with van der Waals surface area (Å²) in [6.45, 7) is 0. The minimum Gasteiger partial charge on any atom is -0.353 e. The van der Waals surface area contributed by atoms with Gasteiger partial charge in [-0.05, 0) is 67.0 Å². The molecule has 0 radical (unpaired) electrons. The number of halogens is 1. The van der Waals surface area contributed by atoms with Crippen molar-refractivity contribution in [3.63, 3.8) is 0 Å². The summed E-state index contributed by atoms with van der Waals surface area (Å²) in [7, 11) is 0. The maximum absolute atomic E-state index is 13.7. The minimum atomic E-state index is -0.224. The molecule has 0 unspecified atom stereocenters. The average Bonchev–Trinajstić information content (AvgIpc) is 2.69. The van der Waals surface area contributed by atoms with Gasteiger partial charge in [-0.1, -0.05) is 30.3 Å². The predicted octanol–water partition coefficient (Wildman–Crippen LogP) is 4.76. The van der Waals surface area contributed by atoms with E-state index in [1.807, 2.05) is 42.6 Å². The average molecular weight is 362 g/mol. The molecule has 2 aromatic carbocycles. The fourth-order valence-corrected chi connectivity index (χ4v) is 4.10. The molecule has 4 rings (SSSR count). The van der Waals surface area contributed by atoms with Gasteiger partial charge in [-0.3, -0.25) is 9.78 Å². The first-order chi connectivity index (χ1) is 13.2. The van der Waals surface area contributed by atoms with Crippen molar-refractivity contribution in [3.8, 4) is 0 Å². The first-order valence-electron chi connectivity index (χ1n) is 9.56. The number of nitrogens with one attached hydrogen (secondary N) is 1. The lowest BCUT2D eigenvalue weighted by molar-refractivity contribution is -0.121. The Hall–Kier alpha value is -2.75. The van der Waals surface area contributed by atoms with E-state index in [1.54, 1.807) is 12.1 Å². The number of rotatable bonds is 4. The van der Waals surface area contributed by atoms with Gasteiger partial charge in [-0.2, -0.15) is 0 Å². The van der Waals surface area contributed by atoms with Gasteiger partial charge in [-0.25, -0.2) is 4.39 Å². The molecule has 4 heteroatoms. The van der Waals surface area contributed by atoms with Crippen LogP contribution in [0, 0.1) is 5.82 Å². The van der Waals surface area contributed by atoms with Gasteiger partial charge >= 0.3 is 0 Å². The van der Waals surface area contributed by atoms with Gasteiger partial charge in [0.15, 0.2) is 0 Å². The molecule has 27 heavy (non-hydrogen) atoms. The molecule has 0 atom stereocenters. The highest BCUT2D eigenvalue weighted by Crippen LogP contribution is 2.36. The molecule has 1 heterocycles. The summed E-state index contributed by atoms with van der Waals surface area (Å²) in [5, 5.41) is 4.09. The SMILES string of the molecule is O=C(Cc1ccccc1)NC1CCC(c2ccnc3ccc(F)cc23)CC1. The Morgan fingerprint density at radius 1 is 1.04 bits per heavy atom. The van der Waals surface area contributed by atoms with Crippen LogP contribution in [-0.2, 0) is 11.2 Å². The topological polar surface area (TPSA) is 42.0 Å². The Morgan fingerprint density at radius 2 is 1.81 bits per heavy atom. The molecule has 0 bridgehead atoms. The van der Waals surface area contributed by atoms with Crippen LogP contribution in [0.5, 0.6) is 0 Å². The number of carbonyl (C=O) groups is 1. The highest BCUT2D eigenvalue weighted by molar-refractivity contribution is 5.82. The van der Waals surface area contributed by atoms with Gasteiger partial charge in [0, 0.05) is 17.6 Å². The highest BCUT2D eigenvalue weighted by Gasteiger charge is 2.24. The van der Waals surface area contributed by atoms with E-state index in [2.05, 4.69) is 10.3 Å². The number of pyridine rings is 1. The van der Waals surface area contributed by atoms with Crippen LogP contribution in [0.2, 0.25) is 0 Å². The largest absolute Gasteiger partial charge is 0.353 e. The zero-order valence-electron chi connectivity index (χ0n) is 15.2. The van der Waals surface area contributed by atoms with E-state index in [1.165, 1.54) is 11.6 Å². The lowest BCUT2D eigenvalue weighted by Gasteiger charge is -2.30. The van der Waals surface area contributed by atoms with Crippen molar-refractivity contribution >= 4 is 16.8 Å². The molecule has 1 saturated carbocycles. The summed E-state index contributed by atoms with van der Waals surface area (Å²) >= 11 is 0. The molecule has 3 nitrogen and oxygen atoms in total. The Labute approximate surface area is 158 Å². The minimum absolute atomic E-state index is 0.0843. The molecular formula is C23H23FN2O. The van der Waals surface area contributed by atoms with Crippen LogP contribution in [0.15, 0.2) is 60.8 Å². The predicted molar refractivity (Wildman–Crippen MR) is 105 cm³/mol. The van der Waals surface area contributed by atoms with Crippen LogP contribution in [0.25, 0.3) is 10.9 Å². The van der Waals surface area contributed by atoms with Crippen molar-refractivity contribution in [2.75, 3.05) is 0 Å². The van der Waals surface area contributed by atoms with Crippen molar-refractivity contribution < 1.29 is 9.18 Å². The van der Waals surface area contributed by atoms with E-state index in [4.69, 9.17) is 0 Å². The van der Waals surface area contributed by atoms with E-state index < -0.39 is 0 Å². The smallest absolute Gasteiger partial charge is 0.224 e. The summed E-state index contributed by atoms with van der Waals surface area (Å²) < 4.78 is 13.7. The maximum atomic E-state index is 13.7. The Kier molecular flexibility index (Phi) is 5.14. The zero-order valence-corrected chi connectivity index (χ0v) is 15.2. The lowest BCUT2D eigenvalue weighted by Crippen LogP contribution is -2.38. The number of carbonyl (C=O) groups excluding carboxylic acids is 1.